The van der Waals surface area contributed by atoms with Gasteiger partial charge in [0.25, 0.3) is 0 Å². The van der Waals surface area contributed by atoms with Crippen molar-refractivity contribution in [2.45, 2.75) is 18.5 Å². The molecule has 0 aromatic carbocycles. The maximum atomic E-state index is 11.8. The Bertz CT molecular complexity index is 486. The fraction of sp³-hybridized carbons (Fsp3) is 0.643. The molecule has 0 bridgehead atoms. The van der Waals surface area contributed by atoms with Gasteiger partial charge in [0, 0.05) is 32.7 Å². The van der Waals surface area contributed by atoms with Crippen LogP contribution >= 0.6 is 23.4 Å². The maximum Gasteiger partial charge on any atom is 0.230 e. The number of nitrogens with zero attached hydrogens (tertiary/aromatic N) is 4. The minimum absolute atomic E-state index is 0.0288. The Hall–Kier alpha value is -1.05. The van der Waals surface area contributed by atoms with Crippen molar-refractivity contribution in [1.29, 1.82) is 0 Å². The molecule has 0 radical (unpaired) electrons. The monoisotopic (exact) mass is 345 g/mol. The van der Waals surface area contributed by atoms with E-state index in [-0.39, 0.29) is 11.7 Å². The van der Waals surface area contributed by atoms with E-state index in [1.165, 1.54) is 11.8 Å². The lowest BCUT2D eigenvalue weighted by Crippen LogP contribution is -2.32. The second-order valence-electron chi connectivity index (χ2n) is 5.19. The highest BCUT2D eigenvalue weighted by molar-refractivity contribution is 7.99. The number of nitrogens with one attached hydrogen (secondary N) is 1. The third-order valence-corrected chi connectivity index (χ3v) is 3.87. The van der Waals surface area contributed by atoms with Gasteiger partial charge in [-0.25, -0.2) is 9.97 Å². The van der Waals surface area contributed by atoms with E-state index in [0.717, 1.165) is 25.3 Å². The molecule has 6 nitrogen and oxygen atoms in total. The molecule has 1 aromatic rings. The summed E-state index contributed by atoms with van der Waals surface area (Å²) >= 11 is 7.32. The Morgan fingerprint density at radius 1 is 1.32 bits per heavy atom. The average molecular weight is 346 g/mol. The van der Waals surface area contributed by atoms with Gasteiger partial charge in [-0.1, -0.05) is 30.3 Å². The second-order valence-corrected chi connectivity index (χ2v) is 6.52. The van der Waals surface area contributed by atoms with Crippen LogP contribution in [-0.2, 0) is 4.79 Å². The molecule has 0 spiro atoms. The van der Waals surface area contributed by atoms with Crippen LogP contribution in [0.5, 0.6) is 0 Å². The number of anilines is 1. The standard InChI is InChI=1S/C14H24ClN5OS/c1-5-7-20(4)12-9-11(15)17-14(18-12)22-10-13(21)16-6-8-19(2)3/h9H,5-8,10H2,1-4H3,(H,16,21). The topological polar surface area (TPSA) is 61.4 Å². The molecular formula is C14H24ClN5OS. The summed E-state index contributed by atoms with van der Waals surface area (Å²) in [5.41, 5.74) is 0. The van der Waals surface area contributed by atoms with E-state index >= 15 is 0 Å². The zero-order chi connectivity index (χ0) is 16.5. The molecule has 0 aliphatic rings. The Morgan fingerprint density at radius 2 is 2.05 bits per heavy atom. The number of carbonyl (C=O) groups is 1. The minimum Gasteiger partial charge on any atom is -0.360 e. The van der Waals surface area contributed by atoms with E-state index < -0.39 is 0 Å². The third kappa shape index (κ3) is 7.29. The van der Waals surface area contributed by atoms with Crippen LogP contribution in [0.25, 0.3) is 0 Å². The first-order chi connectivity index (χ1) is 10.4. The molecule has 1 heterocycles. The summed E-state index contributed by atoms with van der Waals surface area (Å²) in [6.07, 6.45) is 1.02. The first-order valence-electron chi connectivity index (χ1n) is 7.22. The molecule has 1 rings (SSSR count). The van der Waals surface area contributed by atoms with Crippen molar-refractivity contribution in [3.05, 3.63) is 11.2 Å². The van der Waals surface area contributed by atoms with E-state index in [9.17, 15) is 4.79 Å². The van der Waals surface area contributed by atoms with Crippen molar-refractivity contribution < 1.29 is 4.79 Å². The fourth-order valence-electron chi connectivity index (χ4n) is 1.70. The van der Waals surface area contributed by atoms with Crippen LogP contribution in [-0.4, -0.2) is 67.3 Å². The summed E-state index contributed by atoms with van der Waals surface area (Å²) in [5, 5.41) is 3.77. The molecule has 0 fully saturated rings. The molecule has 0 unspecified atom stereocenters. The number of thioether (sulfide) groups is 1. The first-order valence-corrected chi connectivity index (χ1v) is 8.58. The predicted molar refractivity (Wildman–Crippen MR) is 92.9 cm³/mol. The summed E-state index contributed by atoms with van der Waals surface area (Å²) in [6, 6.07) is 1.73. The SMILES string of the molecule is CCCN(C)c1cc(Cl)nc(SCC(=O)NCCN(C)C)n1. The molecule has 0 aliphatic carbocycles. The van der Waals surface area contributed by atoms with E-state index in [4.69, 9.17) is 11.6 Å². The smallest absolute Gasteiger partial charge is 0.230 e. The Balaban J connectivity index is 2.53. The van der Waals surface area contributed by atoms with Gasteiger partial charge in [0.2, 0.25) is 5.91 Å². The molecular weight excluding hydrogens is 322 g/mol. The molecule has 1 N–H and O–H groups in total. The number of amides is 1. The van der Waals surface area contributed by atoms with Gasteiger partial charge in [-0.05, 0) is 20.5 Å². The molecule has 0 saturated heterocycles. The number of aromatic nitrogens is 2. The summed E-state index contributed by atoms with van der Waals surface area (Å²) in [4.78, 5) is 24.4. The second kappa shape index (κ2) is 9.86. The molecule has 0 saturated carbocycles. The molecule has 1 amide bonds. The average Bonchev–Trinajstić information content (AvgIpc) is 2.44. The lowest BCUT2D eigenvalue weighted by atomic mass is 10.4. The quantitative estimate of drug-likeness (QED) is 0.418. The summed E-state index contributed by atoms with van der Waals surface area (Å²) in [6.45, 7) is 4.44. The van der Waals surface area contributed by atoms with Crippen molar-refractivity contribution in [1.82, 2.24) is 20.2 Å². The van der Waals surface area contributed by atoms with Gasteiger partial charge in [-0.15, -0.1) is 0 Å². The van der Waals surface area contributed by atoms with Crippen molar-refractivity contribution in [3.8, 4) is 0 Å². The molecule has 0 atom stereocenters. The summed E-state index contributed by atoms with van der Waals surface area (Å²) < 4.78 is 0. The number of hydrogen-bond acceptors (Lipinski definition) is 6. The fourth-order valence-corrected chi connectivity index (χ4v) is 2.61. The van der Waals surface area contributed by atoms with Gasteiger partial charge >= 0.3 is 0 Å². The molecule has 124 valence electrons. The Labute approximate surface area is 141 Å². The van der Waals surface area contributed by atoms with Crippen molar-refractivity contribution in [2.75, 3.05) is 51.4 Å². The number of carbonyl (C=O) groups excluding carboxylic acids is 1. The zero-order valence-corrected chi connectivity index (χ0v) is 15.2. The molecule has 0 aliphatic heterocycles. The van der Waals surface area contributed by atoms with Gasteiger partial charge in [0.1, 0.15) is 11.0 Å². The van der Waals surface area contributed by atoms with Crippen LogP contribution in [0.2, 0.25) is 5.15 Å². The summed E-state index contributed by atoms with van der Waals surface area (Å²) in [5.74, 6) is 1.03. The lowest BCUT2D eigenvalue weighted by molar-refractivity contribution is -0.118. The van der Waals surface area contributed by atoms with E-state index in [1.807, 2.05) is 30.9 Å². The van der Waals surface area contributed by atoms with Crippen LogP contribution < -0.4 is 10.2 Å². The number of halogens is 1. The highest BCUT2D eigenvalue weighted by atomic mass is 35.5. The van der Waals surface area contributed by atoms with Crippen LogP contribution in [0.1, 0.15) is 13.3 Å². The maximum absolute atomic E-state index is 11.8. The highest BCUT2D eigenvalue weighted by Gasteiger charge is 2.10. The normalized spacial score (nSPS) is 10.8. The van der Waals surface area contributed by atoms with Crippen molar-refractivity contribution in [2.24, 2.45) is 0 Å². The van der Waals surface area contributed by atoms with E-state index in [0.29, 0.717) is 16.9 Å². The minimum atomic E-state index is -0.0288. The van der Waals surface area contributed by atoms with Crippen LogP contribution in [0, 0.1) is 0 Å². The summed E-state index contributed by atoms with van der Waals surface area (Å²) in [7, 11) is 5.90. The first kappa shape index (κ1) is 19.0. The van der Waals surface area contributed by atoms with Gasteiger partial charge < -0.3 is 15.1 Å². The van der Waals surface area contributed by atoms with Gasteiger partial charge in [-0.3, -0.25) is 4.79 Å². The Morgan fingerprint density at radius 3 is 2.68 bits per heavy atom. The van der Waals surface area contributed by atoms with E-state index in [1.54, 1.807) is 6.07 Å². The largest absolute Gasteiger partial charge is 0.360 e. The van der Waals surface area contributed by atoms with Gasteiger partial charge in [0.05, 0.1) is 5.75 Å². The number of likely N-dealkylation sites (N-methyl/N-ethyl adjacent to an activating group) is 1. The predicted octanol–water partition coefficient (Wildman–Crippen LogP) is 1.75. The van der Waals surface area contributed by atoms with Crippen molar-refractivity contribution in [3.63, 3.8) is 0 Å². The molecule has 1 aromatic heterocycles. The third-order valence-electron chi connectivity index (χ3n) is 2.82. The molecule has 8 heteroatoms. The van der Waals surface area contributed by atoms with Crippen LogP contribution in [0.15, 0.2) is 11.2 Å². The van der Waals surface area contributed by atoms with Crippen LogP contribution in [0.4, 0.5) is 5.82 Å². The zero-order valence-electron chi connectivity index (χ0n) is 13.6. The van der Waals surface area contributed by atoms with Crippen LogP contribution in [0.3, 0.4) is 0 Å². The number of hydrogen-bond donors (Lipinski definition) is 1. The lowest BCUT2D eigenvalue weighted by Gasteiger charge is -2.17. The Kier molecular flexibility index (Phi) is 8.52. The molecule has 22 heavy (non-hydrogen) atoms. The van der Waals surface area contributed by atoms with Crippen molar-refractivity contribution >= 4 is 35.1 Å². The van der Waals surface area contributed by atoms with E-state index in [2.05, 4.69) is 22.2 Å². The van der Waals surface area contributed by atoms with Gasteiger partial charge in [0.15, 0.2) is 5.16 Å². The number of rotatable bonds is 9. The highest BCUT2D eigenvalue weighted by Crippen LogP contribution is 2.21. The van der Waals surface area contributed by atoms with Gasteiger partial charge in [-0.2, -0.15) is 0 Å².